The van der Waals surface area contributed by atoms with Crippen molar-refractivity contribution < 1.29 is 0 Å². The molecule has 3 nitrogen and oxygen atoms in total. The Hall–Kier alpha value is -0.890. The normalized spacial score (nSPS) is 14.5. The first-order chi connectivity index (χ1) is 9.49. The van der Waals surface area contributed by atoms with Gasteiger partial charge in [-0.05, 0) is 31.4 Å². The van der Waals surface area contributed by atoms with E-state index in [-0.39, 0.29) is 12.1 Å². The Bertz CT molecular complexity index is 433. The van der Waals surface area contributed by atoms with Gasteiger partial charge in [-0.1, -0.05) is 20.8 Å². The third-order valence-electron chi connectivity index (χ3n) is 3.43. The van der Waals surface area contributed by atoms with Gasteiger partial charge in [-0.15, -0.1) is 11.3 Å². The van der Waals surface area contributed by atoms with Gasteiger partial charge in [0.25, 0.3) is 0 Å². The minimum atomic E-state index is 0.116. The van der Waals surface area contributed by atoms with Crippen LogP contribution < -0.4 is 5.73 Å². The molecule has 0 saturated carbocycles. The summed E-state index contributed by atoms with van der Waals surface area (Å²) in [5.41, 5.74) is 6.39. The van der Waals surface area contributed by atoms with Crippen LogP contribution in [0.2, 0.25) is 0 Å². The van der Waals surface area contributed by atoms with E-state index < -0.39 is 0 Å². The summed E-state index contributed by atoms with van der Waals surface area (Å²) in [5, 5.41) is 8.90. The molecule has 0 spiro atoms. The highest BCUT2D eigenvalue weighted by atomic mass is 32.1. The molecule has 2 atom stereocenters. The highest BCUT2D eigenvalue weighted by Crippen LogP contribution is 2.31. The van der Waals surface area contributed by atoms with Crippen molar-refractivity contribution in [2.45, 2.75) is 52.6 Å². The van der Waals surface area contributed by atoms with E-state index in [1.807, 2.05) is 11.3 Å². The highest BCUT2D eigenvalue weighted by molar-refractivity contribution is 7.12. The maximum absolute atomic E-state index is 8.90. The van der Waals surface area contributed by atoms with Crippen LogP contribution in [-0.2, 0) is 0 Å². The summed E-state index contributed by atoms with van der Waals surface area (Å²) in [7, 11) is 0. The molecule has 4 heteroatoms. The first kappa shape index (κ1) is 17.2. The van der Waals surface area contributed by atoms with Crippen molar-refractivity contribution in [2.24, 2.45) is 11.7 Å². The summed E-state index contributed by atoms with van der Waals surface area (Å²) >= 11 is 1.82. The Labute approximate surface area is 127 Å². The number of hydrogen-bond acceptors (Lipinski definition) is 4. The topological polar surface area (TPSA) is 53.0 Å². The molecule has 2 unspecified atom stereocenters. The number of nitrogens with zero attached hydrogens (tertiary/aromatic N) is 2. The maximum Gasteiger partial charge on any atom is 0.0635 e. The number of hydrogen-bond donors (Lipinski definition) is 1. The van der Waals surface area contributed by atoms with Gasteiger partial charge in [0.05, 0.1) is 12.1 Å². The molecule has 0 aromatic carbocycles. The van der Waals surface area contributed by atoms with Gasteiger partial charge in [-0.3, -0.25) is 4.90 Å². The fraction of sp³-hybridized carbons (Fsp3) is 0.688. The second-order valence-corrected chi connectivity index (χ2v) is 7.08. The lowest BCUT2D eigenvalue weighted by molar-refractivity contribution is 0.156. The molecule has 0 aliphatic carbocycles. The fourth-order valence-electron chi connectivity index (χ4n) is 2.50. The molecule has 0 saturated heterocycles. The molecular formula is C16H27N3S. The Kier molecular flexibility index (Phi) is 7.22. The number of nitrogens with two attached hydrogens (primary N) is 1. The van der Waals surface area contributed by atoms with Crippen LogP contribution in [0.5, 0.6) is 0 Å². The predicted octanol–water partition coefficient (Wildman–Crippen LogP) is 3.71. The average molecular weight is 293 g/mol. The first-order valence-electron chi connectivity index (χ1n) is 7.42. The maximum atomic E-state index is 8.90. The third kappa shape index (κ3) is 4.90. The van der Waals surface area contributed by atoms with Crippen molar-refractivity contribution >= 4 is 11.3 Å². The van der Waals surface area contributed by atoms with Crippen LogP contribution >= 0.6 is 11.3 Å². The Morgan fingerprint density at radius 1 is 1.40 bits per heavy atom. The van der Waals surface area contributed by atoms with E-state index in [0.29, 0.717) is 12.3 Å². The first-order valence-corrected chi connectivity index (χ1v) is 8.24. The van der Waals surface area contributed by atoms with Crippen LogP contribution in [0.15, 0.2) is 12.1 Å². The third-order valence-corrected chi connectivity index (χ3v) is 4.50. The predicted molar refractivity (Wildman–Crippen MR) is 86.7 cm³/mol. The van der Waals surface area contributed by atoms with Crippen LogP contribution in [0, 0.1) is 24.2 Å². The quantitative estimate of drug-likeness (QED) is 0.795. The summed E-state index contributed by atoms with van der Waals surface area (Å²) < 4.78 is 0. The standard InChI is InChI=1S/C16H27N3S/c1-5-14(18)16(15-8-7-13(4)20-15)19(10-6-9-17)11-12(2)3/h7-8,12,14,16H,5-6,10-11,18H2,1-4H3. The van der Waals surface area contributed by atoms with Gasteiger partial charge in [0.2, 0.25) is 0 Å². The zero-order valence-electron chi connectivity index (χ0n) is 13.1. The number of thiophene rings is 1. The van der Waals surface area contributed by atoms with E-state index in [4.69, 9.17) is 11.0 Å². The van der Waals surface area contributed by atoms with E-state index in [1.54, 1.807) is 0 Å². The Balaban J connectivity index is 3.00. The monoisotopic (exact) mass is 293 g/mol. The summed E-state index contributed by atoms with van der Waals surface area (Å²) in [5.74, 6) is 0.571. The van der Waals surface area contributed by atoms with Crippen molar-refractivity contribution in [1.82, 2.24) is 4.90 Å². The highest BCUT2D eigenvalue weighted by Gasteiger charge is 2.27. The Morgan fingerprint density at radius 2 is 2.10 bits per heavy atom. The minimum absolute atomic E-state index is 0.116. The lowest BCUT2D eigenvalue weighted by Gasteiger charge is -2.35. The van der Waals surface area contributed by atoms with Gasteiger partial charge in [-0.25, -0.2) is 0 Å². The summed E-state index contributed by atoms with van der Waals surface area (Å²) in [6.45, 7) is 10.5. The van der Waals surface area contributed by atoms with Crippen LogP contribution in [0.1, 0.15) is 49.4 Å². The van der Waals surface area contributed by atoms with Crippen molar-refractivity contribution in [3.05, 3.63) is 21.9 Å². The summed E-state index contributed by atoms with van der Waals surface area (Å²) in [6.07, 6.45) is 1.51. The van der Waals surface area contributed by atoms with Crippen LogP contribution in [0.3, 0.4) is 0 Å². The van der Waals surface area contributed by atoms with Gasteiger partial charge in [-0.2, -0.15) is 5.26 Å². The zero-order chi connectivity index (χ0) is 15.1. The van der Waals surface area contributed by atoms with Gasteiger partial charge in [0, 0.05) is 35.3 Å². The van der Waals surface area contributed by atoms with E-state index in [9.17, 15) is 0 Å². The van der Waals surface area contributed by atoms with Crippen LogP contribution in [0.4, 0.5) is 0 Å². The molecule has 1 aromatic rings. The molecule has 0 radical (unpaired) electrons. The second kappa shape index (κ2) is 8.41. The number of rotatable bonds is 8. The number of nitriles is 1. The summed E-state index contributed by atoms with van der Waals surface area (Å²) in [6, 6.07) is 6.96. The van der Waals surface area contributed by atoms with E-state index in [1.165, 1.54) is 9.75 Å². The van der Waals surface area contributed by atoms with E-state index in [2.05, 4.69) is 50.8 Å². The molecule has 0 aliphatic rings. The SMILES string of the molecule is CCC(N)C(c1ccc(C)s1)N(CCC#N)CC(C)C. The van der Waals surface area contributed by atoms with E-state index >= 15 is 0 Å². The van der Waals surface area contributed by atoms with E-state index in [0.717, 1.165) is 19.5 Å². The Morgan fingerprint density at radius 3 is 2.55 bits per heavy atom. The van der Waals surface area contributed by atoms with Gasteiger partial charge in [0.15, 0.2) is 0 Å². The van der Waals surface area contributed by atoms with Crippen LogP contribution in [-0.4, -0.2) is 24.0 Å². The largest absolute Gasteiger partial charge is 0.326 e. The lowest BCUT2D eigenvalue weighted by atomic mass is 10.0. The van der Waals surface area contributed by atoms with Gasteiger partial charge < -0.3 is 5.73 Å². The van der Waals surface area contributed by atoms with Crippen molar-refractivity contribution in [3.63, 3.8) is 0 Å². The summed E-state index contributed by atoms with van der Waals surface area (Å²) in [4.78, 5) is 5.04. The van der Waals surface area contributed by atoms with Crippen molar-refractivity contribution in [1.29, 1.82) is 5.26 Å². The molecule has 2 N–H and O–H groups in total. The molecule has 20 heavy (non-hydrogen) atoms. The molecule has 1 heterocycles. The smallest absolute Gasteiger partial charge is 0.0635 e. The average Bonchev–Trinajstić information content (AvgIpc) is 2.81. The molecule has 112 valence electrons. The molecule has 1 rings (SSSR count). The number of aryl methyl sites for hydroxylation is 1. The van der Waals surface area contributed by atoms with Crippen molar-refractivity contribution in [3.8, 4) is 6.07 Å². The molecular weight excluding hydrogens is 266 g/mol. The fourth-order valence-corrected chi connectivity index (χ4v) is 3.59. The molecule has 0 fully saturated rings. The van der Waals surface area contributed by atoms with Gasteiger partial charge in [0.1, 0.15) is 0 Å². The lowest BCUT2D eigenvalue weighted by Crippen LogP contribution is -2.42. The minimum Gasteiger partial charge on any atom is -0.326 e. The zero-order valence-corrected chi connectivity index (χ0v) is 13.9. The molecule has 1 aromatic heterocycles. The molecule has 0 bridgehead atoms. The van der Waals surface area contributed by atoms with Crippen LogP contribution in [0.25, 0.3) is 0 Å². The second-order valence-electron chi connectivity index (χ2n) is 5.76. The molecule has 0 amide bonds. The van der Waals surface area contributed by atoms with Crippen molar-refractivity contribution in [2.75, 3.05) is 13.1 Å². The van der Waals surface area contributed by atoms with Gasteiger partial charge >= 0.3 is 0 Å². The molecule has 0 aliphatic heterocycles.